The molecule has 1 aliphatic rings. The molecule has 0 spiro atoms. The van der Waals surface area contributed by atoms with Crippen molar-refractivity contribution in [1.82, 2.24) is 4.90 Å². The van der Waals surface area contributed by atoms with Gasteiger partial charge in [-0.2, -0.15) is 0 Å². The van der Waals surface area contributed by atoms with Crippen LogP contribution < -0.4 is 10.6 Å². The van der Waals surface area contributed by atoms with Crippen molar-refractivity contribution < 1.29 is 4.79 Å². The normalized spacial score (nSPS) is 15.8. The van der Waals surface area contributed by atoms with E-state index < -0.39 is 0 Å². The SMILES string of the molecule is CN1CCN(c2cccc(CCCN)c2)C1=O. The Kier molecular flexibility index (Phi) is 3.64. The maximum atomic E-state index is 11.9. The largest absolute Gasteiger partial charge is 0.330 e. The Hall–Kier alpha value is -1.55. The van der Waals surface area contributed by atoms with Gasteiger partial charge in [-0.1, -0.05) is 12.1 Å². The maximum Gasteiger partial charge on any atom is 0.324 e. The first kappa shape index (κ1) is 11.9. The predicted octanol–water partition coefficient (Wildman–Crippen LogP) is 1.45. The number of benzene rings is 1. The molecule has 4 heteroatoms. The highest BCUT2D eigenvalue weighted by Crippen LogP contribution is 2.21. The zero-order valence-corrected chi connectivity index (χ0v) is 10.2. The molecule has 0 saturated carbocycles. The molecule has 1 aromatic rings. The number of amides is 2. The lowest BCUT2D eigenvalue weighted by Gasteiger charge is -2.16. The molecular weight excluding hydrogens is 214 g/mol. The minimum absolute atomic E-state index is 0.0842. The zero-order valence-electron chi connectivity index (χ0n) is 10.2. The lowest BCUT2D eigenvalue weighted by atomic mass is 10.1. The second-order valence-electron chi connectivity index (χ2n) is 4.42. The van der Waals surface area contributed by atoms with Crippen LogP contribution in [0.25, 0.3) is 0 Å². The van der Waals surface area contributed by atoms with E-state index in [0.717, 1.165) is 31.6 Å². The molecule has 1 aromatic carbocycles. The van der Waals surface area contributed by atoms with E-state index in [9.17, 15) is 4.79 Å². The Morgan fingerprint density at radius 2 is 2.18 bits per heavy atom. The first-order chi connectivity index (χ1) is 8.22. The van der Waals surface area contributed by atoms with Gasteiger partial charge in [0.25, 0.3) is 0 Å². The molecule has 4 nitrogen and oxygen atoms in total. The molecule has 0 aromatic heterocycles. The topological polar surface area (TPSA) is 49.6 Å². The molecule has 1 saturated heterocycles. The average Bonchev–Trinajstić information content (AvgIpc) is 2.68. The summed E-state index contributed by atoms with van der Waals surface area (Å²) in [6.07, 6.45) is 1.96. The third kappa shape index (κ3) is 2.58. The summed E-state index contributed by atoms with van der Waals surface area (Å²) in [5.74, 6) is 0. The molecule has 1 aliphatic heterocycles. The summed E-state index contributed by atoms with van der Waals surface area (Å²) in [6.45, 7) is 2.27. The van der Waals surface area contributed by atoms with Crippen molar-refractivity contribution in [2.24, 2.45) is 5.73 Å². The first-order valence-electron chi connectivity index (χ1n) is 6.04. The van der Waals surface area contributed by atoms with Crippen molar-refractivity contribution >= 4 is 11.7 Å². The van der Waals surface area contributed by atoms with Crippen LogP contribution in [0.4, 0.5) is 10.5 Å². The Morgan fingerprint density at radius 3 is 2.82 bits per heavy atom. The van der Waals surface area contributed by atoms with Gasteiger partial charge in [0.2, 0.25) is 0 Å². The van der Waals surface area contributed by atoms with E-state index >= 15 is 0 Å². The molecule has 1 heterocycles. The van der Waals surface area contributed by atoms with Crippen molar-refractivity contribution in [3.63, 3.8) is 0 Å². The summed E-state index contributed by atoms with van der Waals surface area (Å²) in [5, 5.41) is 0. The number of hydrogen-bond acceptors (Lipinski definition) is 2. The van der Waals surface area contributed by atoms with E-state index in [4.69, 9.17) is 5.73 Å². The molecule has 0 radical (unpaired) electrons. The standard InChI is InChI=1S/C13H19N3O/c1-15-8-9-16(13(15)17)12-6-2-4-11(10-12)5-3-7-14/h2,4,6,10H,3,5,7-9,14H2,1H3. The monoisotopic (exact) mass is 233 g/mol. The average molecular weight is 233 g/mol. The number of rotatable bonds is 4. The molecular formula is C13H19N3O. The van der Waals surface area contributed by atoms with Crippen molar-refractivity contribution in [3.8, 4) is 0 Å². The third-order valence-electron chi connectivity index (χ3n) is 3.11. The second-order valence-corrected chi connectivity index (χ2v) is 4.42. The molecule has 2 rings (SSSR count). The van der Waals surface area contributed by atoms with E-state index in [1.165, 1.54) is 5.56 Å². The fraction of sp³-hybridized carbons (Fsp3) is 0.462. The van der Waals surface area contributed by atoms with Crippen LogP contribution in [0.2, 0.25) is 0 Å². The van der Waals surface area contributed by atoms with Crippen LogP contribution in [0.15, 0.2) is 24.3 Å². The van der Waals surface area contributed by atoms with E-state index in [0.29, 0.717) is 6.54 Å². The van der Waals surface area contributed by atoms with Gasteiger partial charge < -0.3 is 10.6 Å². The van der Waals surface area contributed by atoms with E-state index in [1.807, 2.05) is 24.1 Å². The highest BCUT2D eigenvalue weighted by Gasteiger charge is 2.26. The summed E-state index contributed by atoms with van der Waals surface area (Å²) in [4.78, 5) is 15.4. The van der Waals surface area contributed by atoms with E-state index in [2.05, 4.69) is 12.1 Å². The minimum atomic E-state index is 0.0842. The highest BCUT2D eigenvalue weighted by molar-refractivity contribution is 5.93. The number of nitrogens with two attached hydrogens (primary N) is 1. The Morgan fingerprint density at radius 1 is 1.35 bits per heavy atom. The van der Waals surface area contributed by atoms with Crippen LogP contribution in [0.1, 0.15) is 12.0 Å². The summed E-state index contributed by atoms with van der Waals surface area (Å²) in [7, 11) is 1.83. The van der Waals surface area contributed by atoms with Gasteiger partial charge in [-0.15, -0.1) is 0 Å². The fourth-order valence-corrected chi connectivity index (χ4v) is 2.07. The number of carbonyl (C=O) groups is 1. The number of nitrogens with zero attached hydrogens (tertiary/aromatic N) is 2. The zero-order chi connectivity index (χ0) is 12.3. The van der Waals surface area contributed by atoms with Gasteiger partial charge in [0.15, 0.2) is 0 Å². The second kappa shape index (κ2) is 5.19. The number of carbonyl (C=O) groups excluding carboxylic acids is 1. The van der Waals surface area contributed by atoms with Crippen LogP contribution in [-0.4, -0.2) is 37.6 Å². The molecule has 17 heavy (non-hydrogen) atoms. The van der Waals surface area contributed by atoms with Gasteiger partial charge in [0.1, 0.15) is 0 Å². The lowest BCUT2D eigenvalue weighted by molar-refractivity contribution is 0.229. The number of anilines is 1. The molecule has 0 bridgehead atoms. The smallest absolute Gasteiger partial charge is 0.324 e. The molecule has 92 valence electrons. The van der Waals surface area contributed by atoms with Gasteiger partial charge in [0, 0.05) is 25.8 Å². The van der Waals surface area contributed by atoms with Crippen LogP contribution in [-0.2, 0) is 6.42 Å². The van der Waals surface area contributed by atoms with Crippen LogP contribution in [0, 0.1) is 0 Å². The van der Waals surface area contributed by atoms with Crippen molar-refractivity contribution in [3.05, 3.63) is 29.8 Å². The summed E-state index contributed by atoms with van der Waals surface area (Å²) in [6, 6.07) is 8.26. The Bertz CT molecular complexity index is 405. The summed E-state index contributed by atoms with van der Waals surface area (Å²) in [5.41, 5.74) is 7.75. The molecule has 1 fully saturated rings. The fourth-order valence-electron chi connectivity index (χ4n) is 2.07. The summed E-state index contributed by atoms with van der Waals surface area (Å²) >= 11 is 0. The third-order valence-corrected chi connectivity index (χ3v) is 3.11. The predicted molar refractivity (Wildman–Crippen MR) is 69.2 cm³/mol. The van der Waals surface area contributed by atoms with Gasteiger partial charge in [0.05, 0.1) is 0 Å². The highest BCUT2D eigenvalue weighted by atomic mass is 16.2. The summed E-state index contributed by atoms with van der Waals surface area (Å²) < 4.78 is 0. The Labute approximate surface area is 102 Å². The Balaban J connectivity index is 2.13. The van der Waals surface area contributed by atoms with Gasteiger partial charge in [-0.3, -0.25) is 4.90 Å². The van der Waals surface area contributed by atoms with Crippen molar-refractivity contribution in [2.75, 3.05) is 31.6 Å². The van der Waals surface area contributed by atoms with Crippen LogP contribution in [0.3, 0.4) is 0 Å². The maximum absolute atomic E-state index is 11.9. The molecule has 0 unspecified atom stereocenters. The molecule has 0 aliphatic carbocycles. The van der Waals surface area contributed by atoms with E-state index in [-0.39, 0.29) is 6.03 Å². The van der Waals surface area contributed by atoms with Crippen molar-refractivity contribution in [2.45, 2.75) is 12.8 Å². The van der Waals surface area contributed by atoms with Crippen LogP contribution in [0.5, 0.6) is 0 Å². The number of urea groups is 1. The lowest BCUT2D eigenvalue weighted by Crippen LogP contribution is -2.29. The molecule has 2 amide bonds. The van der Waals surface area contributed by atoms with Gasteiger partial charge >= 0.3 is 6.03 Å². The van der Waals surface area contributed by atoms with E-state index in [1.54, 1.807) is 4.90 Å². The number of hydrogen-bond donors (Lipinski definition) is 1. The minimum Gasteiger partial charge on any atom is -0.330 e. The molecule has 0 atom stereocenters. The quantitative estimate of drug-likeness (QED) is 0.855. The first-order valence-corrected chi connectivity index (χ1v) is 6.04. The van der Waals surface area contributed by atoms with Gasteiger partial charge in [-0.25, -0.2) is 4.79 Å². The van der Waals surface area contributed by atoms with Crippen molar-refractivity contribution in [1.29, 1.82) is 0 Å². The molecule has 2 N–H and O–H groups in total. The van der Waals surface area contributed by atoms with Gasteiger partial charge in [-0.05, 0) is 37.1 Å². The van der Waals surface area contributed by atoms with Crippen LogP contribution >= 0.6 is 0 Å². The number of likely N-dealkylation sites (N-methyl/N-ethyl adjacent to an activating group) is 1. The number of aryl methyl sites for hydroxylation is 1.